The Balaban J connectivity index is 1.93. The average molecular weight is 283 g/mol. The van der Waals surface area contributed by atoms with Crippen molar-refractivity contribution in [2.75, 3.05) is 6.54 Å². The van der Waals surface area contributed by atoms with Crippen LogP contribution in [0.2, 0.25) is 0 Å². The molecule has 0 saturated heterocycles. The highest BCUT2D eigenvalue weighted by molar-refractivity contribution is 5.35. The fraction of sp³-hybridized carbons (Fsp3) is 0.474. The van der Waals surface area contributed by atoms with Gasteiger partial charge in [0.2, 0.25) is 0 Å². The van der Waals surface area contributed by atoms with Gasteiger partial charge in [0, 0.05) is 5.92 Å². The Hall–Kier alpha value is -1.54. The van der Waals surface area contributed by atoms with Crippen LogP contribution in [0, 0.1) is 6.92 Å². The summed E-state index contributed by atoms with van der Waals surface area (Å²) < 4.78 is 5.95. The molecule has 0 amide bonds. The molecule has 2 aromatic rings. The number of fused-ring (bicyclic) bond motifs is 1. The molecular weight excluding hydrogens is 258 g/mol. The molecule has 0 saturated carbocycles. The van der Waals surface area contributed by atoms with Gasteiger partial charge < -0.3 is 9.73 Å². The van der Waals surface area contributed by atoms with Gasteiger partial charge in [-0.25, -0.2) is 0 Å². The molecular formula is C19H25NO. The first-order valence-corrected chi connectivity index (χ1v) is 8.17. The van der Waals surface area contributed by atoms with E-state index in [1.54, 1.807) is 0 Å². The Kier molecular flexibility index (Phi) is 4.45. The summed E-state index contributed by atoms with van der Waals surface area (Å²) in [7, 11) is 0. The zero-order valence-corrected chi connectivity index (χ0v) is 13.1. The summed E-state index contributed by atoms with van der Waals surface area (Å²) in [4.78, 5) is 0. The van der Waals surface area contributed by atoms with E-state index < -0.39 is 0 Å². The van der Waals surface area contributed by atoms with Crippen LogP contribution in [-0.4, -0.2) is 6.54 Å². The van der Waals surface area contributed by atoms with E-state index >= 15 is 0 Å². The van der Waals surface area contributed by atoms with Crippen LogP contribution in [0.25, 0.3) is 0 Å². The fourth-order valence-electron chi connectivity index (χ4n) is 3.50. The molecule has 0 fully saturated rings. The van der Waals surface area contributed by atoms with E-state index in [-0.39, 0.29) is 0 Å². The summed E-state index contributed by atoms with van der Waals surface area (Å²) in [5.41, 5.74) is 3.02. The maximum atomic E-state index is 5.95. The quantitative estimate of drug-likeness (QED) is 0.856. The van der Waals surface area contributed by atoms with Gasteiger partial charge in [0.1, 0.15) is 11.5 Å². The summed E-state index contributed by atoms with van der Waals surface area (Å²) in [6, 6.07) is 13.4. The third-order valence-corrected chi connectivity index (χ3v) is 4.50. The molecule has 21 heavy (non-hydrogen) atoms. The average Bonchev–Trinajstić information content (AvgIpc) is 2.94. The molecule has 2 heteroatoms. The lowest BCUT2D eigenvalue weighted by Gasteiger charge is -2.32. The molecule has 2 nitrogen and oxygen atoms in total. The Morgan fingerprint density at radius 3 is 2.86 bits per heavy atom. The molecule has 1 aliphatic carbocycles. The fourth-order valence-corrected chi connectivity index (χ4v) is 3.50. The third kappa shape index (κ3) is 3.06. The highest BCUT2D eigenvalue weighted by Crippen LogP contribution is 2.40. The lowest BCUT2D eigenvalue weighted by Crippen LogP contribution is -2.29. The lowest BCUT2D eigenvalue weighted by molar-refractivity contribution is 0.336. The molecule has 1 aliphatic rings. The number of benzene rings is 1. The zero-order chi connectivity index (χ0) is 14.7. The van der Waals surface area contributed by atoms with Crippen molar-refractivity contribution in [2.24, 2.45) is 0 Å². The van der Waals surface area contributed by atoms with Crippen molar-refractivity contribution in [3.63, 3.8) is 0 Å². The van der Waals surface area contributed by atoms with Gasteiger partial charge in [0.25, 0.3) is 0 Å². The summed E-state index contributed by atoms with van der Waals surface area (Å²) in [6.45, 7) is 5.27. The largest absolute Gasteiger partial charge is 0.465 e. The molecule has 0 spiro atoms. The van der Waals surface area contributed by atoms with Crippen LogP contribution in [0.1, 0.15) is 60.8 Å². The molecule has 0 aliphatic heterocycles. The van der Waals surface area contributed by atoms with Crippen LogP contribution in [-0.2, 0) is 6.42 Å². The highest BCUT2D eigenvalue weighted by atomic mass is 16.3. The lowest BCUT2D eigenvalue weighted by atomic mass is 9.78. The topological polar surface area (TPSA) is 25.2 Å². The van der Waals surface area contributed by atoms with E-state index in [1.165, 1.54) is 30.4 Å². The van der Waals surface area contributed by atoms with Gasteiger partial charge in [0.15, 0.2) is 0 Å². The SMILES string of the molecule is CCCNC(c1ccc(C)o1)C1CCCc2ccccc21. The number of hydrogen-bond donors (Lipinski definition) is 1. The van der Waals surface area contributed by atoms with Crippen molar-refractivity contribution in [2.45, 2.75) is 51.5 Å². The molecule has 1 aromatic carbocycles. The van der Waals surface area contributed by atoms with Crippen molar-refractivity contribution in [1.82, 2.24) is 5.32 Å². The Morgan fingerprint density at radius 2 is 2.10 bits per heavy atom. The molecule has 1 aromatic heterocycles. The van der Waals surface area contributed by atoms with E-state index in [1.807, 2.05) is 6.92 Å². The smallest absolute Gasteiger partial charge is 0.121 e. The van der Waals surface area contributed by atoms with E-state index in [0.29, 0.717) is 12.0 Å². The number of hydrogen-bond acceptors (Lipinski definition) is 2. The zero-order valence-electron chi connectivity index (χ0n) is 13.1. The van der Waals surface area contributed by atoms with Crippen molar-refractivity contribution in [1.29, 1.82) is 0 Å². The van der Waals surface area contributed by atoms with Crippen LogP contribution >= 0.6 is 0 Å². The Bertz CT molecular complexity index is 587. The maximum absolute atomic E-state index is 5.95. The number of nitrogens with one attached hydrogen (secondary N) is 1. The first-order chi connectivity index (χ1) is 10.3. The molecule has 1 heterocycles. The van der Waals surface area contributed by atoms with Crippen molar-refractivity contribution in [3.05, 3.63) is 59.0 Å². The van der Waals surface area contributed by atoms with E-state index in [2.05, 4.69) is 48.6 Å². The number of rotatable bonds is 5. The van der Waals surface area contributed by atoms with Gasteiger partial charge in [-0.2, -0.15) is 0 Å². The minimum absolute atomic E-state index is 0.292. The van der Waals surface area contributed by atoms with Crippen LogP contribution in [0.3, 0.4) is 0 Å². The highest BCUT2D eigenvalue weighted by Gasteiger charge is 2.30. The van der Waals surface area contributed by atoms with Gasteiger partial charge in [-0.15, -0.1) is 0 Å². The number of aryl methyl sites for hydroxylation is 2. The molecule has 0 bridgehead atoms. The van der Waals surface area contributed by atoms with Gasteiger partial charge in [-0.1, -0.05) is 31.2 Å². The molecule has 2 atom stereocenters. The second-order valence-corrected chi connectivity index (χ2v) is 6.08. The molecule has 1 N–H and O–H groups in total. The Morgan fingerprint density at radius 1 is 1.24 bits per heavy atom. The Labute approximate surface area is 127 Å². The number of furan rings is 1. The maximum Gasteiger partial charge on any atom is 0.121 e. The third-order valence-electron chi connectivity index (χ3n) is 4.50. The predicted molar refractivity (Wildman–Crippen MR) is 86.6 cm³/mol. The van der Waals surface area contributed by atoms with Crippen LogP contribution in [0.4, 0.5) is 0 Å². The predicted octanol–water partition coefficient (Wildman–Crippen LogP) is 4.75. The minimum atomic E-state index is 0.292. The van der Waals surface area contributed by atoms with Gasteiger partial charge in [0.05, 0.1) is 6.04 Å². The van der Waals surface area contributed by atoms with Crippen LogP contribution in [0.15, 0.2) is 40.8 Å². The monoisotopic (exact) mass is 283 g/mol. The normalized spacial score (nSPS) is 19.2. The van der Waals surface area contributed by atoms with Gasteiger partial charge in [-0.05, 0) is 62.4 Å². The summed E-state index contributed by atoms with van der Waals surface area (Å²) >= 11 is 0. The van der Waals surface area contributed by atoms with Crippen LogP contribution in [0.5, 0.6) is 0 Å². The van der Waals surface area contributed by atoms with Crippen molar-refractivity contribution < 1.29 is 4.42 Å². The van der Waals surface area contributed by atoms with Crippen molar-refractivity contribution >= 4 is 0 Å². The molecule has 2 unspecified atom stereocenters. The molecule has 3 rings (SSSR count). The van der Waals surface area contributed by atoms with Gasteiger partial charge >= 0.3 is 0 Å². The van der Waals surface area contributed by atoms with Crippen molar-refractivity contribution in [3.8, 4) is 0 Å². The second-order valence-electron chi connectivity index (χ2n) is 6.08. The van der Waals surface area contributed by atoms with E-state index in [9.17, 15) is 0 Å². The first-order valence-electron chi connectivity index (χ1n) is 8.17. The van der Waals surface area contributed by atoms with Gasteiger partial charge in [-0.3, -0.25) is 0 Å². The second kappa shape index (κ2) is 6.48. The molecule has 112 valence electrons. The van der Waals surface area contributed by atoms with E-state index in [0.717, 1.165) is 24.5 Å². The van der Waals surface area contributed by atoms with Crippen LogP contribution < -0.4 is 5.32 Å². The summed E-state index contributed by atoms with van der Waals surface area (Å²) in [5, 5.41) is 3.72. The standard InChI is InChI=1S/C19H25NO/c1-3-13-20-19(18-12-11-14(2)21-18)17-10-6-8-15-7-4-5-9-16(15)17/h4-5,7,9,11-12,17,19-20H,3,6,8,10,13H2,1-2H3. The summed E-state index contributed by atoms with van der Waals surface area (Å²) in [5.74, 6) is 2.60. The first kappa shape index (κ1) is 14.4. The van der Waals surface area contributed by atoms with E-state index in [4.69, 9.17) is 4.42 Å². The minimum Gasteiger partial charge on any atom is -0.465 e. The summed E-state index contributed by atoms with van der Waals surface area (Å²) in [6.07, 6.45) is 4.86. The molecule has 0 radical (unpaired) electrons.